The predicted octanol–water partition coefficient (Wildman–Crippen LogP) is 1.54. The molecule has 1 aromatic carbocycles. The molecule has 1 aromatic rings. The second kappa shape index (κ2) is 6.08. The molecule has 0 amide bonds. The molecule has 1 saturated heterocycles. The lowest BCUT2D eigenvalue weighted by atomic mass is 10.3. The fraction of sp³-hybridized carbons (Fsp3) is 0.571. The monoisotopic (exact) mass is 316 g/mol. The van der Waals surface area contributed by atoms with Gasteiger partial charge in [-0.05, 0) is 43.1 Å². The average molecular weight is 317 g/mol. The van der Waals surface area contributed by atoms with E-state index < -0.39 is 6.10 Å². The highest BCUT2D eigenvalue weighted by atomic mass is 35.5. The van der Waals surface area contributed by atoms with Crippen LogP contribution >= 0.6 is 23.2 Å². The Morgan fingerprint density at radius 2 is 1.90 bits per heavy atom. The summed E-state index contributed by atoms with van der Waals surface area (Å²) >= 11 is 11.8. The zero-order chi connectivity index (χ0) is 14.1. The highest BCUT2D eigenvalue weighted by Crippen LogP contribution is 2.41. The average Bonchev–Trinajstić information content (AvgIpc) is 2.81. The van der Waals surface area contributed by atoms with Crippen molar-refractivity contribution in [3.8, 4) is 5.75 Å². The van der Waals surface area contributed by atoms with Gasteiger partial charge < -0.3 is 20.5 Å². The SMILES string of the molecule is O[C@@H](CNC1[C@H]2CNC[C@H]12)COc1cc(Cl)cc(Cl)c1. The molecule has 20 heavy (non-hydrogen) atoms. The number of halogens is 2. The summed E-state index contributed by atoms with van der Waals surface area (Å²) in [5.74, 6) is 2.07. The maximum atomic E-state index is 9.92. The summed E-state index contributed by atoms with van der Waals surface area (Å²) in [5, 5.41) is 17.7. The first-order valence-corrected chi connectivity index (χ1v) is 7.60. The van der Waals surface area contributed by atoms with Crippen molar-refractivity contribution in [2.45, 2.75) is 12.1 Å². The fourth-order valence-corrected chi connectivity index (χ4v) is 3.36. The molecule has 6 heteroatoms. The number of hydrogen-bond acceptors (Lipinski definition) is 4. The fourth-order valence-electron chi connectivity index (χ4n) is 2.86. The van der Waals surface area contributed by atoms with E-state index in [0.717, 1.165) is 24.9 Å². The van der Waals surface area contributed by atoms with E-state index >= 15 is 0 Å². The van der Waals surface area contributed by atoms with E-state index in [4.69, 9.17) is 27.9 Å². The van der Waals surface area contributed by atoms with E-state index in [-0.39, 0.29) is 6.61 Å². The van der Waals surface area contributed by atoms with E-state index in [1.807, 2.05) is 0 Å². The number of rotatable bonds is 6. The number of hydrogen-bond donors (Lipinski definition) is 3. The molecule has 3 N–H and O–H groups in total. The van der Waals surface area contributed by atoms with Crippen molar-refractivity contribution >= 4 is 23.2 Å². The molecular formula is C14H18Cl2N2O2. The molecule has 4 nitrogen and oxygen atoms in total. The molecule has 1 aliphatic heterocycles. The lowest BCUT2D eigenvalue weighted by Gasteiger charge is -2.14. The molecule has 0 bridgehead atoms. The molecule has 3 rings (SSSR count). The second-order valence-corrected chi connectivity index (χ2v) is 6.36. The molecule has 3 atom stereocenters. The Kier molecular flexibility index (Phi) is 4.38. The van der Waals surface area contributed by atoms with Gasteiger partial charge in [-0.1, -0.05) is 23.2 Å². The molecule has 1 saturated carbocycles. The molecule has 1 heterocycles. The maximum Gasteiger partial charge on any atom is 0.122 e. The third kappa shape index (κ3) is 3.38. The molecule has 0 radical (unpaired) electrons. The van der Waals surface area contributed by atoms with Gasteiger partial charge in [0, 0.05) is 22.6 Å². The number of ether oxygens (including phenoxy) is 1. The van der Waals surface area contributed by atoms with Crippen LogP contribution in [0.1, 0.15) is 0 Å². The van der Waals surface area contributed by atoms with E-state index in [1.54, 1.807) is 18.2 Å². The number of piperidine rings is 1. The minimum absolute atomic E-state index is 0.226. The third-order valence-corrected chi connectivity index (χ3v) is 4.40. The number of benzene rings is 1. The lowest BCUT2D eigenvalue weighted by molar-refractivity contribution is 0.105. The smallest absolute Gasteiger partial charge is 0.122 e. The molecular weight excluding hydrogens is 299 g/mol. The largest absolute Gasteiger partial charge is 0.491 e. The van der Waals surface area contributed by atoms with Gasteiger partial charge in [0.2, 0.25) is 0 Å². The van der Waals surface area contributed by atoms with Crippen molar-refractivity contribution in [2.24, 2.45) is 11.8 Å². The minimum Gasteiger partial charge on any atom is -0.491 e. The van der Waals surface area contributed by atoms with Crippen molar-refractivity contribution in [2.75, 3.05) is 26.2 Å². The highest BCUT2D eigenvalue weighted by Gasteiger charge is 2.52. The van der Waals surface area contributed by atoms with Crippen LogP contribution in [-0.2, 0) is 0 Å². The first kappa shape index (κ1) is 14.4. The first-order chi connectivity index (χ1) is 9.63. The summed E-state index contributed by atoms with van der Waals surface area (Å²) in [6.07, 6.45) is -0.540. The van der Waals surface area contributed by atoms with Crippen LogP contribution in [0, 0.1) is 11.8 Å². The van der Waals surface area contributed by atoms with Gasteiger partial charge in [-0.2, -0.15) is 0 Å². The van der Waals surface area contributed by atoms with E-state index in [9.17, 15) is 5.11 Å². The molecule has 0 aromatic heterocycles. The number of fused-ring (bicyclic) bond motifs is 1. The Bertz CT molecular complexity index is 456. The van der Waals surface area contributed by atoms with Gasteiger partial charge in [-0.15, -0.1) is 0 Å². The molecule has 0 spiro atoms. The van der Waals surface area contributed by atoms with E-state index in [2.05, 4.69) is 10.6 Å². The summed E-state index contributed by atoms with van der Waals surface area (Å²) in [5.41, 5.74) is 0. The Morgan fingerprint density at radius 3 is 2.55 bits per heavy atom. The summed E-state index contributed by atoms with van der Waals surface area (Å²) in [7, 11) is 0. The van der Waals surface area contributed by atoms with Crippen LogP contribution in [0.5, 0.6) is 5.75 Å². The van der Waals surface area contributed by atoms with Gasteiger partial charge in [0.05, 0.1) is 0 Å². The normalized spacial score (nSPS) is 29.1. The van der Waals surface area contributed by atoms with Crippen LogP contribution < -0.4 is 15.4 Å². The van der Waals surface area contributed by atoms with Crippen molar-refractivity contribution in [3.05, 3.63) is 28.2 Å². The lowest BCUT2D eigenvalue weighted by Crippen LogP contribution is -2.36. The van der Waals surface area contributed by atoms with Gasteiger partial charge in [-0.25, -0.2) is 0 Å². The van der Waals surface area contributed by atoms with Gasteiger partial charge in [0.25, 0.3) is 0 Å². The number of nitrogens with one attached hydrogen (secondary N) is 2. The van der Waals surface area contributed by atoms with Crippen LogP contribution in [0.25, 0.3) is 0 Å². The molecule has 110 valence electrons. The van der Waals surface area contributed by atoms with Crippen LogP contribution in [0.4, 0.5) is 0 Å². The highest BCUT2D eigenvalue weighted by molar-refractivity contribution is 6.34. The van der Waals surface area contributed by atoms with Crippen molar-refractivity contribution in [1.82, 2.24) is 10.6 Å². The Morgan fingerprint density at radius 1 is 1.25 bits per heavy atom. The van der Waals surface area contributed by atoms with Crippen LogP contribution in [0.3, 0.4) is 0 Å². The first-order valence-electron chi connectivity index (χ1n) is 6.84. The minimum atomic E-state index is -0.540. The topological polar surface area (TPSA) is 53.5 Å². The zero-order valence-electron chi connectivity index (χ0n) is 11.0. The van der Waals surface area contributed by atoms with Crippen LogP contribution in [0.2, 0.25) is 10.0 Å². The molecule has 2 aliphatic rings. The van der Waals surface area contributed by atoms with E-state index in [1.165, 1.54) is 0 Å². The standard InChI is InChI=1S/C14H18Cl2N2O2/c15-8-1-9(16)3-11(2-8)20-7-10(19)4-18-14-12-5-17-6-13(12)14/h1-3,10,12-14,17-19H,4-7H2/t10-,12-,13-/m0/s1. The summed E-state index contributed by atoms with van der Waals surface area (Å²) in [4.78, 5) is 0. The zero-order valence-corrected chi connectivity index (χ0v) is 12.5. The number of aliphatic hydroxyl groups excluding tert-OH is 1. The summed E-state index contributed by atoms with van der Waals surface area (Å²) in [6, 6.07) is 5.58. The second-order valence-electron chi connectivity index (χ2n) is 5.49. The van der Waals surface area contributed by atoms with Crippen LogP contribution in [0.15, 0.2) is 18.2 Å². The van der Waals surface area contributed by atoms with Gasteiger partial charge in [-0.3, -0.25) is 0 Å². The predicted molar refractivity (Wildman–Crippen MR) is 79.6 cm³/mol. The number of aliphatic hydroxyl groups is 1. The molecule has 1 aliphatic carbocycles. The van der Waals surface area contributed by atoms with Gasteiger partial charge in [0.15, 0.2) is 0 Å². The quantitative estimate of drug-likeness (QED) is 0.745. The van der Waals surface area contributed by atoms with Gasteiger partial charge >= 0.3 is 0 Å². The van der Waals surface area contributed by atoms with Gasteiger partial charge in [0.1, 0.15) is 18.5 Å². The van der Waals surface area contributed by atoms with Crippen molar-refractivity contribution in [3.63, 3.8) is 0 Å². The Hall–Kier alpha value is -0.520. The maximum absolute atomic E-state index is 9.92. The van der Waals surface area contributed by atoms with Crippen LogP contribution in [-0.4, -0.2) is 43.5 Å². The Balaban J connectivity index is 1.39. The van der Waals surface area contributed by atoms with Crippen molar-refractivity contribution in [1.29, 1.82) is 0 Å². The summed E-state index contributed by atoms with van der Waals surface area (Å²) in [6.45, 7) is 2.96. The van der Waals surface area contributed by atoms with E-state index in [0.29, 0.717) is 28.4 Å². The summed E-state index contributed by atoms with van der Waals surface area (Å²) < 4.78 is 5.50. The van der Waals surface area contributed by atoms with Crippen molar-refractivity contribution < 1.29 is 9.84 Å². The molecule has 0 unspecified atom stereocenters. The molecule has 2 fully saturated rings. The third-order valence-electron chi connectivity index (χ3n) is 3.96. The Labute approximate surface area is 128 Å².